The molecule has 1 atom stereocenters. The number of pyridine rings is 1. The van der Waals surface area contributed by atoms with Crippen LogP contribution in [0, 0.1) is 5.92 Å². The highest BCUT2D eigenvalue weighted by molar-refractivity contribution is 5.06. The maximum absolute atomic E-state index is 9.34. The summed E-state index contributed by atoms with van der Waals surface area (Å²) in [6.45, 7) is 6.64. The highest BCUT2D eigenvalue weighted by Crippen LogP contribution is 2.34. The maximum atomic E-state index is 9.34. The molecule has 1 fully saturated rings. The fourth-order valence-electron chi connectivity index (χ4n) is 2.50. The van der Waals surface area contributed by atoms with Crippen LogP contribution in [0.4, 0.5) is 0 Å². The van der Waals surface area contributed by atoms with E-state index in [0.29, 0.717) is 5.92 Å². The van der Waals surface area contributed by atoms with Crippen molar-refractivity contribution in [3.63, 3.8) is 0 Å². The van der Waals surface area contributed by atoms with Gasteiger partial charge in [0.05, 0.1) is 5.69 Å². The molecule has 1 aromatic rings. The Kier molecular flexibility index (Phi) is 3.26. The Morgan fingerprint density at radius 2 is 2.31 bits per heavy atom. The number of nitrogens with zero attached hydrogens (tertiary/aromatic N) is 2. The maximum Gasteiger partial charge on any atom is 0.0544 e. The number of aliphatic hydroxyl groups is 1. The Labute approximate surface area is 97.1 Å². The summed E-state index contributed by atoms with van der Waals surface area (Å²) in [5.41, 5.74) is 1.18. The van der Waals surface area contributed by atoms with E-state index in [2.05, 4.69) is 29.8 Å². The second-order valence-corrected chi connectivity index (χ2v) is 5.06. The minimum absolute atomic E-state index is 0.0757. The molecule has 0 saturated carbocycles. The molecule has 0 aromatic carbocycles. The third-order valence-corrected chi connectivity index (χ3v) is 3.86. The molecule has 1 aliphatic rings. The zero-order chi connectivity index (χ0) is 11.6. The van der Waals surface area contributed by atoms with Gasteiger partial charge in [0, 0.05) is 30.8 Å². The van der Waals surface area contributed by atoms with E-state index in [1.807, 2.05) is 18.3 Å². The molecule has 0 bridgehead atoms. The van der Waals surface area contributed by atoms with Crippen LogP contribution in [0.25, 0.3) is 0 Å². The normalized spacial score (nSPS) is 24.8. The fourth-order valence-corrected chi connectivity index (χ4v) is 2.50. The van der Waals surface area contributed by atoms with Gasteiger partial charge in [-0.2, -0.15) is 0 Å². The van der Waals surface area contributed by atoms with Crippen LogP contribution in [0.1, 0.15) is 26.0 Å². The zero-order valence-electron chi connectivity index (χ0n) is 10.1. The molecule has 0 aliphatic carbocycles. The van der Waals surface area contributed by atoms with Crippen LogP contribution in [0.15, 0.2) is 24.4 Å². The van der Waals surface area contributed by atoms with Crippen LogP contribution < -0.4 is 0 Å². The minimum atomic E-state index is 0.0757. The standard InChI is InChI=1S/C13H20N2O/c1-13(2)11(10-16)6-8-15(13)9-12-5-3-4-7-14-12/h3-5,7,11,16H,6,8-10H2,1-2H3. The SMILES string of the molecule is CC1(C)C(CO)CCN1Cc1ccccn1. The van der Waals surface area contributed by atoms with Crippen molar-refractivity contribution in [2.75, 3.05) is 13.2 Å². The van der Waals surface area contributed by atoms with Gasteiger partial charge in [0.15, 0.2) is 0 Å². The molecule has 16 heavy (non-hydrogen) atoms. The summed E-state index contributed by atoms with van der Waals surface area (Å²) in [5, 5.41) is 9.34. The first-order valence-corrected chi connectivity index (χ1v) is 5.90. The number of likely N-dealkylation sites (tertiary alicyclic amines) is 1. The molecule has 0 radical (unpaired) electrons. The van der Waals surface area contributed by atoms with Crippen LogP contribution in [0.5, 0.6) is 0 Å². The average molecular weight is 220 g/mol. The molecule has 1 aliphatic heterocycles. The molecule has 88 valence electrons. The van der Waals surface area contributed by atoms with Gasteiger partial charge in [0.1, 0.15) is 0 Å². The van der Waals surface area contributed by atoms with Gasteiger partial charge in [-0.3, -0.25) is 9.88 Å². The van der Waals surface area contributed by atoms with Crippen molar-refractivity contribution >= 4 is 0 Å². The van der Waals surface area contributed by atoms with Crippen LogP contribution in [0.3, 0.4) is 0 Å². The predicted octanol–water partition coefficient (Wildman–Crippen LogP) is 1.67. The summed E-state index contributed by atoms with van der Waals surface area (Å²) in [6.07, 6.45) is 2.91. The molecular formula is C13H20N2O. The molecule has 1 N–H and O–H groups in total. The van der Waals surface area contributed by atoms with Crippen LogP contribution in [0.2, 0.25) is 0 Å². The second kappa shape index (κ2) is 4.52. The number of hydrogen-bond acceptors (Lipinski definition) is 3. The highest BCUT2D eigenvalue weighted by atomic mass is 16.3. The van der Waals surface area contributed by atoms with Gasteiger partial charge < -0.3 is 5.11 Å². The Morgan fingerprint density at radius 1 is 1.50 bits per heavy atom. The quantitative estimate of drug-likeness (QED) is 0.842. The van der Waals surface area contributed by atoms with Gasteiger partial charge in [-0.25, -0.2) is 0 Å². The average Bonchev–Trinajstić information content (AvgIpc) is 2.56. The Balaban J connectivity index is 2.07. The lowest BCUT2D eigenvalue weighted by atomic mass is 9.89. The lowest BCUT2D eigenvalue weighted by Gasteiger charge is -2.35. The topological polar surface area (TPSA) is 36.4 Å². The smallest absolute Gasteiger partial charge is 0.0544 e. The van der Waals surface area contributed by atoms with Crippen molar-refractivity contribution in [1.82, 2.24) is 9.88 Å². The summed E-state index contributed by atoms with van der Waals surface area (Å²) in [6, 6.07) is 6.02. The predicted molar refractivity (Wildman–Crippen MR) is 63.9 cm³/mol. The molecule has 3 heteroatoms. The number of rotatable bonds is 3. The molecule has 2 rings (SSSR count). The third-order valence-electron chi connectivity index (χ3n) is 3.86. The van der Waals surface area contributed by atoms with Gasteiger partial charge in [0.25, 0.3) is 0 Å². The van der Waals surface area contributed by atoms with Crippen LogP contribution in [-0.2, 0) is 6.54 Å². The summed E-state index contributed by atoms with van der Waals surface area (Å²) in [7, 11) is 0. The van der Waals surface area contributed by atoms with Crippen molar-refractivity contribution < 1.29 is 5.11 Å². The Bertz CT molecular complexity index is 337. The Hall–Kier alpha value is -0.930. The van der Waals surface area contributed by atoms with Gasteiger partial charge in [-0.15, -0.1) is 0 Å². The van der Waals surface area contributed by atoms with E-state index in [4.69, 9.17) is 0 Å². The number of hydrogen-bond donors (Lipinski definition) is 1. The lowest BCUT2D eigenvalue weighted by Crippen LogP contribution is -2.43. The first-order chi connectivity index (χ1) is 7.64. The van der Waals surface area contributed by atoms with Crippen molar-refractivity contribution in [2.45, 2.75) is 32.4 Å². The van der Waals surface area contributed by atoms with Gasteiger partial charge in [-0.1, -0.05) is 6.07 Å². The van der Waals surface area contributed by atoms with Crippen molar-refractivity contribution in [1.29, 1.82) is 0 Å². The van der Waals surface area contributed by atoms with E-state index in [1.54, 1.807) is 0 Å². The molecule has 2 heterocycles. The van der Waals surface area contributed by atoms with E-state index in [0.717, 1.165) is 25.2 Å². The minimum Gasteiger partial charge on any atom is -0.396 e. The summed E-state index contributed by atoms with van der Waals surface area (Å²) in [4.78, 5) is 6.77. The molecule has 3 nitrogen and oxygen atoms in total. The molecule has 1 unspecified atom stereocenters. The molecule has 1 aromatic heterocycles. The first-order valence-electron chi connectivity index (χ1n) is 5.90. The summed E-state index contributed by atoms with van der Waals surface area (Å²) in [5.74, 6) is 0.385. The van der Waals surface area contributed by atoms with Crippen molar-refractivity contribution in [3.8, 4) is 0 Å². The molecule has 1 saturated heterocycles. The second-order valence-electron chi connectivity index (χ2n) is 5.06. The van der Waals surface area contributed by atoms with E-state index in [1.165, 1.54) is 0 Å². The fraction of sp³-hybridized carbons (Fsp3) is 0.615. The number of aliphatic hydroxyl groups excluding tert-OH is 1. The van der Waals surface area contributed by atoms with Crippen molar-refractivity contribution in [3.05, 3.63) is 30.1 Å². The van der Waals surface area contributed by atoms with E-state index in [9.17, 15) is 5.11 Å². The zero-order valence-corrected chi connectivity index (χ0v) is 10.1. The Morgan fingerprint density at radius 3 is 2.88 bits per heavy atom. The molecule has 0 spiro atoms. The molecule has 0 amide bonds. The van der Waals surface area contributed by atoms with Gasteiger partial charge >= 0.3 is 0 Å². The van der Waals surface area contributed by atoms with E-state index in [-0.39, 0.29) is 12.1 Å². The largest absolute Gasteiger partial charge is 0.396 e. The lowest BCUT2D eigenvalue weighted by molar-refractivity contribution is 0.0937. The molecular weight excluding hydrogens is 200 g/mol. The van der Waals surface area contributed by atoms with E-state index < -0.39 is 0 Å². The summed E-state index contributed by atoms with van der Waals surface area (Å²) < 4.78 is 0. The summed E-state index contributed by atoms with van der Waals surface area (Å²) >= 11 is 0. The van der Waals surface area contributed by atoms with Crippen molar-refractivity contribution in [2.24, 2.45) is 5.92 Å². The highest BCUT2D eigenvalue weighted by Gasteiger charge is 2.40. The van der Waals surface area contributed by atoms with Gasteiger partial charge in [-0.05, 0) is 38.9 Å². The monoisotopic (exact) mass is 220 g/mol. The van der Waals surface area contributed by atoms with Crippen LogP contribution in [-0.4, -0.2) is 33.7 Å². The van der Waals surface area contributed by atoms with Gasteiger partial charge in [0.2, 0.25) is 0 Å². The van der Waals surface area contributed by atoms with E-state index >= 15 is 0 Å². The van der Waals surface area contributed by atoms with Crippen LogP contribution >= 0.6 is 0 Å². The first kappa shape index (κ1) is 11.6. The third kappa shape index (κ3) is 2.11. The number of aromatic nitrogens is 1.